The molecule has 2 rings (SSSR count). The van der Waals surface area contributed by atoms with Crippen LogP contribution in [0.5, 0.6) is 0 Å². The fraction of sp³-hybridized carbons (Fsp3) is 0.231. The molecule has 0 bridgehead atoms. The standard InChI is InChI=1S/C13H16N2O/c1-10-6-11(2-3-13(10)14)7-15-8-12-4-5-16-9-12/h2-6,9,15H,7-8,14H2,1H3. The number of rotatable bonds is 4. The highest BCUT2D eigenvalue weighted by molar-refractivity contribution is 5.47. The number of nitrogens with one attached hydrogen (secondary N) is 1. The van der Waals surface area contributed by atoms with Gasteiger partial charge >= 0.3 is 0 Å². The second-order valence-corrected chi connectivity index (χ2v) is 3.93. The second kappa shape index (κ2) is 4.86. The lowest BCUT2D eigenvalue weighted by molar-refractivity contribution is 0.560. The highest BCUT2D eigenvalue weighted by Gasteiger charge is 1.97. The van der Waals surface area contributed by atoms with E-state index in [2.05, 4.69) is 11.4 Å². The van der Waals surface area contributed by atoms with Gasteiger partial charge in [-0.2, -0.15) is 0 Å². The second-order valence-electron chi connectivity index (χ2n) is 3.93. The molecule has 1 aromatic carbocycles. The van der Waals surface area contributed by atoms with Crippen molar-refractivity contribution in [3.8, 4) is 0 Å². The number of anilines is 1. The van der Waals surface area contributed by atoms with Crippen LogP contribution < -0.4 is 11.1 Å². The van der Waals surface area contributed by atoms with Crippen molar-refractivity contribution in [3.63, 3.8) is 0 Å². The largest absolute Gasteiger partial charge is 0.472 e. The first-order chi connectivity index (χ1) is 7.75. The third kappa shape index (κ3) is 2.64. The van der Waals surface area contributed by atoms with Gasteiger partial charge in [-0.3, -0.25) is 0 Å². The lowest BCUT2D eigenvalue weighted by Gasteiger charge is -2.06. The minimum atomic E-state index is 0.819. The van der Waals surface area contributed by atoms with Crippen molar-refractivity contribution < 1.29 is 4.42 Å². The van der Waals surface area contributed by atoms with Gasteiger partial charge < -0.3 is 15.5 Å². The van der Waals surface area contributed by atoms with Crippen molar-refractivity contribution in [1.82, 2.24) is 5.32 Å². The molecule has 0 unspecified atom stereocenters. The van der Waals surface area contributed by atoms with Crippen molar-refractivity contribution in [2.45, 2.75) is 20.0 Å². The molecule has 0 saturated heterocycles. The van der Waals surface area contributed by atoms with Crippen molar-refractivity contribution in [1.29, 1.82) is 0 Å². The smallest absolute Gasteiger partial charge is 0.0947 e. The predicted molar refractivity (Wildman–Crippen MR) is 64.8 cm³/mol. The van der Waals surface area contributed by atoms with Crippen LogP contribution in [-0.2, 0) is 13.1 Å². The fourth-order valence-electron chi connectivity index (χ4n) is 1.59. The van der Waals surface area contributed by atoms with Crippen LogP contribution in [0.1, 0.15) is 16.7 Å². The summed E-state index contributed by atoms with van der Waals surface area (Å²) in [5.74, 6) is 0. The number of hydrogen-bond donors (Lipinski definition) is 2. The summed E-state index contributed by atoms with van der Waals surface area (Å²) in [5.41, 5.74) is 10.1. The molecule has 0 spiro atoms. The molecule has 1 aromatic heterocycles. The van der Waals surface area contributed by atoms with Crippen molar-refractivity contribution >= 4 is 5.69 Å². The molecule has 0 amide bonds. The van der Waals surface area contributed by atoms with Crippen LogP contribution in [0, 0.1) is 6.92 Å². The first-order valence-corrected chi connectivity index (χ1v) is 5.32. The van der Waals surface area contributed by atoms with Crippen LogP contribution in [0.25, 0.3) is 0 Å². The molecule has 0 radical (unpaired) electrons. The van der Waals surface area contributed by atoms with Crippen LogP contribution >= 0.6 is 0 Å². The zero-order valence-corrected chi connectivity index (χ0v) is 9.36. The Bertz CT molecular complexity index is 449. The number of nitrogen functional groups attached to an aromatic ring is 1. The normalized spacial score (nSPS) is 10.6. The SMILES string of the molecule is Cc1cc(CNCc2ccoc2)ccc1N. The first kappa shape index (κ1) is 10.8. The van der Waals surface area contributed by atoms with E-state index in [0.29, 0.717) is 0 Å². The molecule has 84 valence electrons. The molecule has 0 atom stereocenters. The van der Waals surface area contributed by atoms with Crippen molar-refractivity contribution in [2.24, 2.45) is 0 Å². The van der Waals surface area contributed by atoms with Crippen LogP contribution in [0.3, 0.4) is 0 Å². The summed E-state index contributed by atoms with van der Waals surface area (Å²) in [4.78, 5) is 0. The molecule has 0 aliphatic carbocycles. The summed E-state index contributed by atoms with van der Waals surface area (Å²) in [6.45, 7) is 3.68. The number of nitrogens with two attached hydrogens (primary N) is 1. The van der Waals surface area contributed by atoms with Gasteiger partial charge in [0, 0.05) is 24.3 Å². The maximum atomic E-state index is 5.76. The molecule has 0 fully saturated rings. The third-order valence-electron chi connectivity index (χ3n) is 2.57. The minimum Gasteiger partial charge on any atom is -0.472 e. The molecule has 16 heavy (non-hydrogen) atoms. The number of aryl methyl sites for hydroxylation is 1. The van der Waals surface area contributed by atoms with E-state index in [1.54, 1.807) is 12.5 Å². The third-order valence-corrected chi connectivity index (χ3v) is 2.57. The highest BCUT2D eigenvalue weighted by atomic mass is 16.3. The van der Waals surface area contributed by atoms with Gasteiger partial charge in [0.2, 0.25) is 0 Å². The van der Waals surface area contributed by atoms with Crippen LogP contribution in [-0.4, -0.2) is 0 Å². The van der Waals surface area contributed by atoms with E-state index in [9.17, 15) is 0 Å². The Kier molecular flexibility index (Phi) is 3.27. The van der Waals surface area contributed by atoms with E-state index in [0.717, 1.165) is 29.9 Å². The molecule has 1 heterocycles. The number of hydrogen-bond acceptors (Lipinski definition) is 3. The van der Waals surface area contributed by atoms with E-state index in [1.807, 2.05) is 25.1 Å². The van der Waals surface area contributed by atoms with Crippen LogP contribution in [0.2, 0.25) is 0 Å². The maximum absolute atomic E-state index is 5.76. The van der Waals surface area contributed by atoms with Crippen molar-refractivity contribution in [3.05, 3.63) is 53.5 Å². The summed E-state index contributed by atoms with van der Waals surface area (Å²) in [7, 11) is 0. The average molecular weight is 216 g/mol. The predicted octanol–water partition coefficient (Wildman–Crippen LogP) is 2.46. The lowest BCUT2D eigenvalue weighted by Crippen LogP contribution is -2.12. The number of benzene rings is 1. The summed E-state index contributed by atoms with van der Waals surface area (Å²) >= 11 is 0. The molecule has 2 aromatic rings. The first-order valence-electron chi connectivity index (χ1n) is 5.32. The van der Waals surface area contributed by atoms with Gasteiger partial charge in [0.15, 0.2) is 0 Å². The van der Waals surface area contributed by atoms with Crippen LogP contribution in [0.4, 0.5) is 5.69 Å². The van der Waals surface area contributed by atoms with E-state index >= 15 is 0 Å². The Hall–Kier alpha value is -1.74. The molecule has 0 aliphatic rings. The molecule has 0 saturated carbocycles. The van der Waals surface area contributed by atoms with Gasteiger partial charge in [-0.15, -0.1) is 0 Å². The van der Waals surface area contributed by atoms with E-state index in [4.69, 9.17) is 10.2 Å². The molecule has 3 N–H and O–H groups in total. The topological polar surface area (TPSA) is 51.2 Å². The molecular weight excluding hydrogens is 200 g/mol. The Morgan fingerprint density at radius 2 is 2.00 bits per heavy atom. The number of furan rings is 1. The molecular formula is C13H16N2O. The molecule has 3 heteroatoms. The maximum Gasteiger partial charge on any atom is 0.0947 e. The quantitative estimate of drug-likeness (QED) is 0.772. The summed E-state index contributed by atoms with van der Waals surface area (Å²) in [6, 6.07) is 8.06. The Morgan fingerprint density at radius 3 is 2.69 bits per heavy atom. The lowest BCUT2D eigenvalue weighted by atomic mass is 10.1. The average Bonchev–Trinajstić information content (AvgIpc) is 2.76. The summed E-state index contributed by atoms with van der Waals surface area (Å²) < 4.78 is 5.00. The summed E-state index contributed by atoms with van der Waals surface area (Å²) in [6.07, 6.45) is 3.44. The van der Waals surface area contributed by atoms with Gasteiger partial charge in [0.1, 0.15) is 0 Å². The zero-order chi connectivity index (χ0) is 11.4. The fourth-order valence-corrected chi connectivity index (χ4v) is 1.59. The van der Waals surface area contributed by atoms with E-state index in [-0.39, 0.29) is 0 Å². The minimum absolute atomic E-state index is 0.819. The van der Waals surface area contributed by atoms with Gasteiger partial charge in [-0.25, -0.2) is 0 Å². The van der Waals surface area contributed by atoms with E-state index in [1.165, 1.54) is 5.56 Å². The Morgan fingerprint density at radius 1 is 1.19 bits per heavy atom. The van der Waals surface area contributed by atoms with Crippen molar-refractivity contribution in [2.75, 3.05) is 5.73 Å². The Labute approximate surface area is 95.3 Å². The van der Waals surface area contributed by atoms with Gasteiger partial charge in [0.05, 0.1) is 12.5 Å². The van der Waals surface area contributed by atoms with Gasteiger partial charge in [-0.1, -0.05) is 12.1 Å². The van der Waals surface area contributed by atoms with Gasteiger partial charge in [0.25, 0.3) is 0 Å². The zero-order valence-electron chi connectivity index (χ0n) is 9.36. The summed E-state index contributed by atoms with van der Waals surface area (Å²) in [5, 5.41) is 3.35. The van der Waals surface area contributed by atoms with E-state index < -0.39 is 0 Å². The molecule has 0 aliphatic heterocycles. The molecule has 3 nitrogen and oxygen atoms in total. The van der Waals surface area contributed by atoms with Gasteiger partial charge in [-0.05, 0) is 30.2 Å². The monoisotopic (exact) mass is 216 g/mol. The Balaban J connectivity index is 1.87. The highest BCUT2D eigenvalue weighted by Crippen LogP contribution is 2.12. The van der Waals surface area contributed by atoms with Crippen LogP contribution in [0.15, 0.2) is 41.2 Å².